The molecule has 88 valence electrons. The van der Waals surface area contributed by atoms with Gasteiger partial charge in [-0.25, -0.2) is 4.98 Å². The number of carbonyl (C=O) groups is 1. The highest BCUT2D eigenvalue weighted by Crippen LogP contribution is 2.18. The molecule has 0 saturated carbocycles. The Balaban J connectivity index is 1.81. The Labute approximate surface area is 99.5 Å². The molecule has 0 aliphatic carbocycles. The molecule has 2 heterocycles. The summed E-state index contributed by atoms with van der Waals surface area (Å²) in [6.07, 6.45) is 0.627. The van der Waals surface area contributed by atoms with Crippen molar-refractivity contribution in [2.75, 3.05) is 13.1 Å². The molecule has 1 unspecified atom stereocenters. The number of hydrogen-bond donors (Lipinski definition) is 2. The number of carbonyl (C=O) groups excluding carboxylic acids is 1. The molecule has 2 rings (SSSR count). The van der Waals surface area contributed by atoms with E-state index in [9.17, 15) is 4.79 Å². The molecule has 1 amide bonds. The van der Waals surface area contributed by atoms with E-state index in [1.54, 1.807) is 11.3 Å². The quantitative estimate of drug-likeness (QED) is 0.831. The van der Waals surface area contributed by atoms with E-state index < -0.39 is 0 Å². The van der Waals surface area contributed by atoms with Crippen molar-refractivity contribution < 1.29 is 4.79 Å². The van der Waals surface area contributed by atoms with Gasteiger partial charge in [-0.2, -0.15) is 0 Å². The maximum absolute atomic E-state index is 11.7. The summed E-state index contributed by atoms with van der Waals surface area (Å²) in [6.45, 7) is 5.89. The zero-order valence-corrected chi connectivity index (χ0v) is 10.4. The molecule has 16 heavy (non-hydrogen) atoms. The van der Waals surface area contributed by atoms with Gasteiger partial charge < -0.3 is 10.6 Å². The number of thiazole rings is 1. The second-order valence-electron chi connectivity index (χ2n) is 4.34. The second-order valence-corrected chi connectivity index (χ2v) is 5.23. The van der Waals surface area contributed by atoms with Gasteiger partial charge in [-0.1, -0.05) is 0 Å². The molecule has 1 saturated heterocycles. The first-order valence-electron chi connectivity index (χ1n) is 5.57. The van der Waals surface area contributed by atoms with Gasteiger partial charge in [0, 0.05) is 17.5 Å². The first-order chi connectivity index (χ1) is 7.65. The molecule has 1 aliphatic rings. The van der Waals surface area contributed by atoms with Crippen LogP contribution in [0.2, 0.25) is 0 Å². The molecule has 0 bridgehead atoms. The Kier molecular flexibility index (Phi) is 3.56. The summed E-state index contributed by atoms with van der Waals surface area (Å²) >= 11 is 1.60. The van der Waals surface area contributed by atoms with Gasteiger partial charge in [0.25, 0.3) is 0 Å². The Morgan fingerprint density at radius 3 is 3.00 bits per heavy atom. The van der Waals surface area contributed by atoms with Crippen molar-refractivity contribution in [3.05, 3.63) is 16.1 Å². The molecule has 1 fully saturated rings. The minimum Gasteiger partial charge on any atom is -0.347 e. The van der Waals surface area contributed by atoms with E-state index in [2.05, 4.69) is 15.6 Å². The maximum atomic E-state index is 11.7. The number of aromatic nitrogens is 1. The van der Waals surface area contributed by atoms with E-state index in [0.717, 1.165) is 23.8 Å². The van der Waals surface area contributed by atoms with Crippen LogP contribution in [0.4, 0.5) is 0 Å². The van der Waals surface area contributed by atoms with E-state index in [1.807, 2.05) is 19.2 Å². The van der Waals surface area contributed by atoms with E-state index in [1.165, 1.54) is 0 Å². The highest BCUT2D eigenvalue weighted by Gasteiger charge is 2.21. The van der Waals surface area contributed by atoms with Gasteiger partial charge in [0.05, 0.1) is 6.04 Å². The molecular formula is C11H17N3OS. The van der Waals surface area contributed by atoms with E-state index in [-0.39, 0.29) is 11.9 Å². The molecule has 1 atom stereocenters. The summed E-state index contributed by atoms with van der Waals surface area (Å²) in [5.41, 5.74) is 1.02. The van der Waals surface area contributed by atoms with Crippen LogP contribution in [0.5, 0.6) is 0 Å². The predicted molar refractivity (Wildman–Crippen MR) is 64.4 cm³/mol. The third-order valence-electron chi connectivity index (χ3n) is 2.72. The first kappa shape index (κ1) is 11.5. The number of amides is 1. The Bertz CT molecular complexity index is 373. The van der Waals surface area contributed by atoms with Gasteiger partial charge in [0.1, 0.15) is 5.01 Å². The molecule has 2 N–H and O–H groups in total. The number of nitrogens with zero attached hydrogens (tertiary/aromatic N) is 1. The van der Waals surface area contributed by atoms with Crippen LogP contribution in [0.3, 0.4) is 0 Å². The largest absolute Gasteiger partial charge is 0.347 e. The number of hydrogen-bond acceptors (Lipinski definition) is 4. The highest BCUT2D eigenvalue weighted by atomic mass is 32.1. The summed E-state index contributed by atoms with van der Waals surface area (Å²) in [6, 6.07) is 0.0271. The third kappa shape index (κ3) is 2.80. The zero-order valence-electron chi connectivity index (χ0n) is 9.62. The lowest BCUT2D eigenvalue weighted by Crippen LogP contribution is -2.44. The highest BCUT2D eigenvalue weighted by molar-refractivity contribution is 7.09. The maximum Gasteiger partial charge on any atom is 0.220 e. The molecule has 5 heteroatoms. The standard InChI is InChI=1S/C11H17N3OS/c1-7-6-16-11(13-7)8(2)14-10(15)3-9-4-12-5-9/h6,8-9,12H,3-5H2,1-2H3,(H,14,15). The number of aryl methyl sites for hydroxylation is 1. The lowest BCUT2D eigenvalue weighted by Gasteiger charge is -2.26. The first-order valence-corrected chi connectivity index (χ1v) is 6.45. The van der Waals surface area contributed by atoms with Crippen LogP contribution >= 0.6 is 11.3 Å². The topological polar surface area (TPSA) is 54.0 Å². The second kappa shape index (κ2) is 4.93. The van der Waals surface area contributed by atoms with Crippen molar-refractivity contribution in [3.63, 3.8) is 0 Å². The zero-order chi connectivity index (χ0) is 11.5. The van der Waals surface area contributed by atoms with Crippen molar-refractivity contribution in [2.24, 2.45) is 5.92 Å². The molecule has 0 radical (unpaired) electrons. The van der Waals surface area contributed by atoms with Gasteiger partial charge in [-0.3, -0.25) is 4.79 Å². The smallest absolute Gasteiger partial charge is 0.220 e. The average molecular weight is 239 g/mol. The number of rotatable bonds is 4. The average Bonchev–Trinajstić information content (AvgIpc) is 2.58. The fraction of sp³-hybridized carbons (Fsp3) is 0.636. The normalized spacial score (nSPS) is 17.9. The van der Waals surface area contributed by atoms with Crippen LogP contribution < -0.4 is 10.6 Å². The van der Waals surface area contributed by atoms with Crippen LogP contribution in [0.15, 0.2) is 5.38 Å². The van der Waals surface area contributed by atoms with Crippen molar-refractivity contribution in [1.29, 1.82) is 0 Å². The SMILES string of the molecule is Cc1csc(C(C)NC(=O)CC2CNC2)n1. The van der Waals surface area contributed by atoms with Gasteiger partial charge in [-0.05, 0) is 32.9 Å². The monoisotopic (exact) mass is 239 g/mol. The number of nitrogens with one attached hydrogen (secondary N) is 2. The summed E-state index contributed by atoms with van der Waals surface area (Å²) in [7, 11) is 0. The minimum atomic E-state index is 0.0271. The molecule has 1 aromatic heterocycles. The van der Waals surface area contributed by atoms with Crippen molar-refractivity contribution >= 4 is 17.2 Å². The summed E-state index contributed by atoms with van der Waals surface area (Å²) in [4.78, 5) is 16.0. The molecule has 0 spiro atoms. The van der Waals surface area contributed by atoms with E-state index in [0.29, 0.717) is 12.3 Å². The molecule has 0 aromatic carbocycles. The Morgan fingerprint density at radius 2 is 2.50 bits per heavy atom. The van der Waals surface area contributed by atoms with Crippen molar-refractivity contribution in [1.82, 2.24) is 15.6 Å². The van der Waals surface area contributed by atoms with Crippen molar-refractivity contribution in [2.45, 2.75) is 26.3 Å². The summed E-state index contributed by atoms with van der Waals surface area (Å²) < 4.78 is 0. The van der Waals surface area contributed by atoms with Gasteiger partial charge in [0.2, 0.25) is 5.91 Å². The van der Waals surface area contributed by atoms with Crippen LogP contribution in [-0.4, -0.2) is 24.0 Å². The third-order valence-corrected chi connectivity index (χ3v) is 3.87. The summed E-state index contributed by atoms with van der Waals surface area (Å²) in [5, 5.41) is 9.15. The van der Waals surface area contributed by atoms with Gasteiger partial charge >= 0.3 is 0 Å². The fourth-order valence-corrected chi connectivity index (χ4v) is 2.49. The van der Waals surface area contributed by atoms with Crippen LogP contribution in [0.1, 0.15) is 30.1 Å². The Morgan fingerprint density at radius 1 is 1.75 bits per heavy atom. The van der Waals surface area contributed by atoms with Crippen LogP contribution in [0.25, 0.3) is 0 Å². The molecule has 1 aromatic rings. The molecule has 4 nitrogen and oxygen atoms in total. The van der Waals surface area contributed by atoms with E-state index >= 15 is 0 Å². The molecule has 1 aliphatic heterocycles. The van der Waals surface area contributed by atoms with Crippen LogP contribution in [0, 0.1) is 12.8 Å². The van der Waals surface area contributed by atoms with Gasteiger partial charge in [0.15, 0.2) is 0 Å². The van der Waals surface area contributed by atoms with Crippen LogP contribution in [-0.2, 0) is 4.79 Å². The summed E-state index contributed by atoms with van der Waals surface area (Å²) in [5.74, 6) is 0.650. The van der Waals surface area contributed by atoms with Gasteiger partial charge in [-0.15, -0.1) is 11.3 Å². The Hall–Kier alpha value is -0.940. The van der Waals surface area contributed by atoms with E-state index in [4.69, 9.17) is 0 Å². The fourth-order valence-electron chi connectivity index (χ4n) is 1.69. The molecular weight excluding hydrogens is 222 g/mol. The lowest BCUT2D eigenvalue weighted by molar-refractivity contribution is -0.123. The van der Waals surface area contributed by atoms with Crippen molar-refractivity contribution in [3.8, 4) is 0 Å². The predicted octanol–water partition coefficient (Wildman–Crippen LogP) is 1.24. The lowest BCUT2D eigenvalue weighted by atomic mass is 9.99. The minimum absolute atomic E-state index is 0.0271.